The van der Waals surface area contributed by atoms with Crippen molar-refractivity contribution in [2.45, 2.75) is 64.7 Å². The van der Waals surface area contributed by atoms with E-state index >= 15 is 0 Å². The Kier molecular flexibility index (Phi) is 4.20. The van der Waals surface area contributed by atoms with Crippen LogP contribution < -0.4 is 0 Å². The van der Waals surface area contributed by atoms with Gasteiger partial charge in [0.1, 0.15) is 5.78 Å². The average Bonchev–Trinajstić information content (AvgIpc) is 2.70. The molecule has 2 fully saturated rings. The quantitative estimate of drug-likeness (QED) is 0.649. The Bertz CT molecular complexity index is 271. The summed E-state index contributed by atoms with van der Waals surface area (Å²) in [5.74, 6) is 1.97. The third kappa shape index (κ3) is 3.47. The number of carbonyl (C=O) groups is 1. The van der Waals surface area contributed by atoms with Gasteiger partial charge in [-0.15, -0.1) is 0 Å². The van der Waals surface area contributed by atoms with E-state index in [-0.39, 0.29) is 0 Å². The van der Waals surface area contributed by atoms with Gasteiger partial charge in [-0.2, -0.15) is 0 Å². The van der Waals surface area contributed by atoms with Crippen LogP contribution in [-0.4, -0.2) is 5.78 Å². The normalized spacial score (nSPS) is 28.7. The van der Waals surface area contributed by atoms with E-state index < -0.39 is 0 Å². The van der Waals surface area contributed by atoms with Gasteiger partial charge < -0.3 is 0 Å². The molecule has 1 atom stereocenters. The summed E-state index contributed by atoms with van der Waals surface area (Å²) >= 11 is 0. The van der Waals surface area contributed by atoms with Crippen molar-refractivity contribution in [3.63, 3.8) is 0 Å². The molecule has 0 spiro atoms. The van der Waals surface area contributed by atoms with Crippen molar-refractivity contribution < 1.29 is 4.79 Å². The minimum atomic E-state index is 0.473. The van der Waals surface area contributed by atoms with Crippen LogP contribution in [0.25, 0.3) is 0 Å². The number of rotatable bonds is 3. The third-order valence-corrected chi connectivity index (χ3v) is 4.13. The van der Waals surface area contributed by atoms with Crippen molar-refractivity contribution in [1.29, 1.82) is 0 Å². The maximum atomic E-state index is 11.4. The second-order valence-electron chi connectivity index (χ2n) is 5.76. The van der Waals surface area contributed by atoms with Crippen molar-refractivity contribution in [2.75, 3.05) is 0 Å². The number of hydrogen-bond acceptors (Lipinski definition) is 1. The van der Waals surface area contributed by atoms with Crippen molar-refractivity contribution in [3.05, 3.63) is 11.6 Å². The van der Waals surface area contributed by atoms with Crippen LogP contribution in [0.5, 0.6) is 0 Å². The second-order valence-corrected chi connectivity index (χ2v) is 5.76. The molecule has 1 heteroatoms. The third-order valence-electron chi connectivity index (χ3n) is 4.13. The summed E-state index contributed by atoms with van der Waals surface area (Å²) in [6.45, 7) is 2.26. The summed E-state index contributed by atoms with van der Waals surface area (Å²) in [6.07, 6.45) is 13.4. The highest BCUT2D eigenvalue weighted by molar-refractivity contribution is 5.79. The molecule has 16 heavy (non-hydrogen) atoms. The van der Waals surface area contributed by atoms with Gasteiger partial charge in [0.25, 0.3) is 0 Å². The van der Waals surface area contributed by atoms with Crippen LogP contribution in [-0.2, 0) is 4.79 Å². The topological polar surface area (TPSA) is 17.1 Å². The monoisotopic (exact) mass is 220 g/mol. The molecule has 2 aliphatic carbocycles. The van der Waals surface area contributed by atoms with E-state index in [0.717, 1.165) is 25.2 Å². The Hall–Kier alpha value is -0.590. The van der Waals surface area contributed by atoms with E-state index in [4.69, 9.17) is 0 Å². The summed E-state index contributed by atoms with van der Waals surface area (Å²) < 4.78 is 0. The standard InChI is InChI=1S/C15H24O/c1-12(9-13-5-2-3-6-13)10-14-7-4-8-15(16)11-14/h10,13-14H,2-9,11H2,1H3/b12-10+. The highest BCUT2D eigenvalue weighted by Crippen LogP contribution is 2.31. The van der Waals surface area contributed by atoms with E-state index in [9.17, 15) is 4.79 Å². The summed E-state index contributed by atoms with van der Waals surface area (Å²) in [5, 5.41) is 0. The molecule has 0 N–H and O–H groups in total. The lowest BCUT2D eigenvalue weighted by molar-refractivity contribution is -0.121. The van der Waals surface area contributed by atoms with Crippen molar-refractivity contribution in [3.8, 4) is 0 Å². The Morgan fingerprint density at radius 1 is 1.25 bits per heavy atom. The van der Waals surface area contributed by atoms with Gasteiger partial charge in [-0.1, -0.05) is 37.3 Å². The number of hydrogen-bond donors (Lipinski definition) is 0. The Balaban J connectivity index is 1.82. The Morgan fingerprint density at radius 2 is 2.00 bits per heavy atom. The van der Waals surface area contributed by atoms with Crippen LogP contribution in [0.15, 0.2) is 11.6 Å². The fourth-order valence-electron chi connectivity index (χ4n) is 3.34. The fraction of sp³-hybridized carbons (Fsp3) is 0.800. The molecule has 0 saturated heterocycles. The number of ketones is 1. The number of Topliss-reactive ketones (excluding diaryl/α,β-unsaturated/α-hetero) is 1. The number of allylic oxidation sites excluding steroid dienone is 2. The zero-order chi connectivity index (χ0) is 11.4. The summed E-state index contributed by atoms with van der Waals surface area (Å²) in [4.78, 5) is 11.4. The Labute approximate surface area is 99.3 Å². The maximum Gasteiger partial charge on any atom is 0.133 e. The predicted octanol–water partition coefficient (Wildman–Crippen LogP) is 4.27. The SMILES string of the molecule is C/C(=C\C1CCCC(=O)C1)CC1CCCC1. The lowest BCUT2D eigenvalue weighted by Gasteiger charge is -2.19. The van der Waals surface area contributed by atoms with Crippen LogP contribution in [0, 0.1) is 11.8 Å². The molecular weight excluding hydrogens is 196 g/mol. The van der Waals surface area contributed by atoms with E-state index in [1.807, 2.05) is 0 Å². The molecule has 0 amide bonds. The van der Waals surface area contributed by atoms with Crippen molar-refractivity contribution in [1.82, 2.24) is 0 Å². The molecule has 0 radical (unpaired) electrons. The largest absolute Gasteiger partial charge is 0.300 e. The average molecular weight is 220 g/mol. The first kappa shape index (κ1) is 11.9. The van der Waals surface area contributed by atoms with Gasteiger partial charge in [0.2, 0.25) is 0 Å². The van der Waals surface area contributed by atoms with E-state index in [2.05, 4.69) is 13.0 Å². The molecule has 1 unspecified atom stereocenters. The highest BCUT2D eigenvalue weighted by atomic mass is 16.1. The van der Waals surface area contributed by atoms with Crippen molar-refractivity contribution >= 4 is 5.78 Å². The summed E-state index contributed by atoms with van der Waals surface area (Å²) in [7, 11) is 0. The maximum absolute atomic E-state index is 11.4. The molecule has 0 aliphatic heterocycles. The number of carbonyl (C=O) groups excluding carboxylic acids is 1. The zero-order valence-corrected chi connectivity index (χ0v) is 10.5. The van der Waals surface area contributed by atoms with Gasteiger partial charge in [-0.25, -0.2) is 0 Å². The summed E-state index contributed by atoms with van der Waals surface area (Å²) in [5.41, 5.74) is 1.53. The smallest absolute Gasteiger partial charge is 0.133 e. The first-order valence-electron chi connectivity index (χ1n) is 6.93. The molecule has 0 heterocycles. The van der Waals surface area contributed by atoms with E-state index in [1.165, 1.54) is 44.1 Å². The fourth-order valence-corrected chi connectivity index (χ4v) is 3.34. The van der Waals surface area contributed by atoms with Gasteiger partial charge in [0, 0.05) is 12.8 Å². The van der Waals surface area contributed by atoms with Gasteiger partial charge >= 0.3 is 0 Å². The first-order chi connectivity index (χ1) is 7.74. The molecule has 0 aromatic carbocycles. The molecule has 0 aromatic heterocycles. The molecule has 1 nitrogen and oxygen atoms in total. The molecule has 0 aromatic rings. The minimum absolute atomic E-state index is 0.473. The Morgan fingerprint density at radius 3 is 2.69 bits per heavy atom. The van der Waals surface area contributed by atoms with E-state index in [0.29, 0.717) is 11.7 Å². The molecular formula is C15H24O. The van der Waals surface area contributed by atoms with Crippen LogP contribution in [0.2, 0.25) is 0 Å². The van der Waals surface area contributed by atoms with Gasteiger partial charge in [0.05, 0.1) is 0 Å². The molecule has 2 saturated carbocycles. The van der Waals surface area contributed by atoms with Gasteiger partial charge in [-0.05, 0) is 38.0 Å². The molecule has 90 valence electrons. The molecule has 2 rings (SSSR count). The van der Waals surface area contributed by atoms with Crippen LogP contribution >= 0.6 is 0 Å². The first-order valence-corrected chi connectivity index (χ1v) is 6.93. The van der Waals surface area contributed by atoms with Crippen LogP contribution in [0.4, 0.5) is 0 Å². The van der Waals surface area contributed by atoms with Crippen molar-refractivity contribution in [2.24, 2.45) is 11.8 Å². The van der Waals surface area contributed by atoms with Gasteiger partial charge in [-0.3, -0.25) is 4.79 Å². The van der Waals surface area contributed by atoms with Crippen LogP contribution in [0.1, 0.15) is 64.7 Å². The summed E-state index contributed by atoms with van der Waals surface area (Å²) in [6, 6.07) is 0. The van der Waals surface area contributed by atoms with E-state index in [1.54, 1.807) is 0 Å². The lowest BCUT2D eigenvalue weighted by atomic mass is 9.86. The van der Waals surface area contributed by atoms with Crippen LogP contribution in [0.3, 0.4) is 0 Å². The zero-order valence-electron chi connectivity index (χ0n) is 10.5. The second kappa shape index (κ2) is 5.65. The minimum Gasteiger partial charge on any atom is -0.300 e. The highest BCUT2D eigenvalue weighted by Gasteiger charge is 2.19. The molecule has 2 aliphatic rings. The predicted molar refractivity (Wildman–Crippen MR) is 67.3 cm³/mol. The van der Waals surface area contributed by atoms with Gasteiger partial charge in [0.15, 0.2) is 0 Å². The lowest BCUT2D eigenvalue weighted by Crippen LogP contribution is -2.13. The molecule has 0 bridgehead atoms.